The molecule has 2 N–H and O–H groups in total. The van der Waals surface area contributed by atoms with Crippen LogP contribution in [0.4, 0.5) is 0 Å². The molecule has 1 aliphatic heterocycles. The van der Waals surface area contributed by atoms with Gasteiger partial charge in [-0.25, -0.2) is 0 Å². The van der Waals surface area contributed by atoms with Crippen LogP contribution < -0.4 is 0 Å². The molecule has 0 spiro atoms. The van der Waals surface area contributed by atoms with E-state index in [1.807, 2.05) is 27.7 Å². The Bertz CT molecular complexity index is 346. The second kappa shape index (κ2) is 3.44. The van der Waals surface area contributed by atoms with Gasteiger partial charge >= 0.3 is 0 Å². The zero-order chi connectivity index (χ0) is 11.3. The average Bonchev–Trinajstić information content (AvgIpc) is 2.88. The molecular formula is C12H18O3. The zero-order valence-electron chi connectivity index (χ0n) is 9.61. The second-order valence-corrected chi connectivity index (χ2v) is 4.78. The van der Waals surface area contributed by atoms with Crippen molar-refractivity contribution in [2.24, 2.45) is 0 Å². The molecule has 1 heterocycles. The molecular weight excluding hydrogens is 192 g/mol. The molecule has 84 valence electrons. The Hall–Kier alpha value is -0.640. The fraction of sp³-hybridized carbons (Fsp3) is 0.667. The van der Waals surface area contributed by atoms with Gasteiger partial charge in [0.05, 0.1) is 0 Å². The highest BCUT2D eigenvalue weighted by Crippen LogP contribution is 2.45. The van der Waals surface area contributed by atoms with Crippen LogP contribution >= 0.6 is 0 Å². The number of allylic oxidation sites excluding steroid dienone is 2. The van der Waals surface area contributed by atoms with Crippen LogP contribution in [0.25, 0.3) is 0 Å². The molecule has 2 rings (SSSR count). The van der Waals surface area contributed by atoms with E-state index in [4.69, 9.17) is 4.74 Å². The molecule has 1 aliphatic carbocycles. The smallest absolute Gasteiger partial charge is 0.118 e. The first kappa shape index (κ1) is 10.9. The molecule has 0 amide bonds. The van der Waals surface area contributed by atoms with Gasteiger partial charge in [0.2, 0.25) is 0 Å². The fourth-order valence-electron chi connectivity index (χ4n) is 2.40. The Balaban J connectivity index is 2.49. The summed E-state index contributed by atoms with van der Waals surface area (Å²) < 4.78 is 5.41. The van der Waals surface area contributed by atoms with Gasteiger partial charge in [-0.15, -0.1) is 0 Å². The van der Waals surface area contributed by atoms with Crippen molar-refractivity contribution < 1.29 is 14.9 Å². The van der Waals surface area contributed by atoms with Crippen LogP contribution in [-0.2, 0) is 4.74 Å². The molecule has 0 aromatic heterocycles. The van der Waals surface area contributed by atoms with Crippen LogP contribution in [0.2, 0.25) is 0 Å². The molecule has 0 aromatic carbocycles. The van der Waals surface area contributed by atoms with Crippen molar-refractivity contribution in [2.75, 3.05) is 0 Å². The third-order valence-electron chi connectivity index (χ3n) is 3.13. The lowest BCUT2D eigenvalue weighted by Gasteiger charge is -2.27. The SMILES string of the molecule is CC(C)=C1C(=C(C)C)[C@@H]2O[C@H]2[C@H](O)[C@@H]1O. The minimum Gasteiger partial charge on any atom is -0.387 e. The Morgan fingerprint density at radius 3 is 2.00 bits per heavy atom. The summed E-state index contributed by atoms with van der Waals surface area (Å²) in [4.78, 5) is 0. The van der Waals surface area contributed by atoms with Crippen molar-refractivity contribution in [3.8, 4) is 0 Å². The van der Waals surface area contributed by atoms with Crippen LogP contribution in [0.3, 0.4) is 0 Å². The van der Waals surface area contributed by atoms with Crippen molar-refractivity contribution in [1.82, 2.24) is 0 Å². The maximum atomic E-state index is 10.0. The molecule has 2 fully saturated rings. The minimum absolute atomic E-state index is 0.00157. The summed E-state index contributed by atoms with van der Waals surface area (Å²) in [6.45, 7) is 7.94. The molecule has 15 heavy (non-hydrogen) atoms. The van der Waals surface area contributed by atoms with Gasteiger partial charge in [0.15, 0.2) is 0 Å². The van der Waals surface area contributed by atoms with E-state index in [0.717, 1.165) is 22.3 Å². The predicted octanol–water partition coefficient (Wildman–Crippen LogP) is 1.16. The topological polar surface area (TPSA) is 53.0 Å². The predicted molar refractivity (Wildman–Crippen MR) is 57.4 cm³/mol. The molecule has 2 aliphatic rings. The quantitative estimate of drug-likeness (QED) is 0.590. The van der Waals surface area contributed by atoms with E-state index in [2.05, 4.69) is 0 Å². The third-order valence-corrected chi connectivity index (χ3v) is 3.13. The third kappa shape index (κ3) is 1.55. The number of hydrogen-bond acceptors (Lipinski definition) is 3. The summed E-state index contributed by atoms with van der Waals surface area (Å²) in [7, 11) is 0. The first-order valence-corrected chi connectivity index (χ1v) is 5.32. The minimum atomic E-state index is -0.802. The van der Waals surface area contributed by atoms with Crippen LogP contribution in [-0.4, -0.2) is 34.6 Å². The maximum Gasteiger partial charge on any atom is 0.118 e. The van der Waals surface area contributed by atoms with Gasteiger partial charge in [-0.3, -0.25) is 0 Å². The molecule has 3 nitrogen and oxygen atoms in total. The fourth-order valence-corrected chi connectivity index (χ4v) is 2.40. The van der Waals surface area contributed by atoms with Gasteiger partial charge < -0.3 is 14.9 Å². The van der Waals surface area contributed by atoms with Gasteiger partial charge in [-0.2, -0.15) is 0 Å². The maximum absolute atomic E-state index is 10.0. The summed E-state index contributed by atoms with van der Waals surface area (Å²) >= 11 is 0. The van der Waals surface area contributed by atoms with Crippen LogP contribution in [0.15, 0.2) is 22.3 Å². The molecule has 0 radical (unpaired) electrons. The lowest BCUT2D eigenvalue weighted by molar-refractivity contribution is 0.0226. The van der Waals surface area contributed by atoms with Crippen LogP contribution in [0.5, 0.6) is 0 Å². The number of aliphatic hydroxyl groups excluding tert-OH is 2. The molecule has 3 heteroatoms. The molecule has 0 bridgehead atoms. The van der Waals surface area contributed by atoms with Gasteiger partial charge in [0.1, 0.15) is 24.4 Å². The van der Waals surface area contributed by atoms with Crippen LogP contribution in [0.1, 0.15) is 27.7 Å². The van der Waals surface area contributed by atoms with E-state index in [1.165, 1.54) is 0 Å². The largest absolute Gasteiger partial charge is 0.387 e. The highest BCUT2D eigenvalue weighted by molar-refractivity contribution is 5.49. The molecule has 1 saturated carbocycles. The normalized spacial score (nSPS) is 38.8. The van der Waals surface area contributed by atoms with E-state index < -0.39 is 12.2 Å². The van der Waals surface area contributed by atoms with Crippen molar-refractivity contribution in [3.63, 3.8) is 0 Å². The number of ether oxygens (including phenoxy) is 1. The number of rotatable bonds is 0. The lowest BCUT2D eigenvalue weighted by atomic mass is 9.81. The van der Waals surface area contributed by atoms with Gasteiger partial charge in [-0.05, 0) is 38.8 Å². The highest BCUT2D eigenvalue weighted by atomic mass is 16.6. The molecule has 4 atom stereocenters. The average molecular weight is 210 g/mol. The molecule has 1 saturated heterocycles. The summed E-state index contributed by atoms with van der Waals surface area (Å²) in [5.74, 6) is 0. The first-order chi connectivity index (χ1) is 6.95. The van der Waals surface area contributed by atoms with Crippen molar-refractivity contribution in [2.45, 2.75) is 52.1 Å². The summed E-state index contributed by atoms with van der Waals surface area (Å²) in [5, 5.41) is 19.8. The number of aliphatic hydroxyl groups is 2. The van der Waals surface area contributed by atoms with Gasteiger partial charge in [0, 0.05) is 0 Å². The molecule has 0 unspecified atom stereocenters. The van der Waals surface area contributed by atoms with E-state index in [0.29, 0.717) is 0 Å². The van der Waals surface area contributed by atoms with E-state index >= 15 is 0 Å². The number of hydrogen-bond donors (Lipinski definition) is 2. The van der Waals surface area contributed by atoms with E-state index in [-0.39, 0.29) is 12.2 Å². The van der Waals surface area contributed by atoms with Crippen molar-refractivity contribution >= 4 is 0 Å². The zero-order valence-corrected chi connectivity index (χ0v) is 9.61. The van der Waals surface area contributed by atoms with Gasteiger partial charge in [-0.1, -0.05) is 11.1 Å². The Kier molecular flexibility index (Phi) is 2.49. The Labute approximate surface area is 90.1 Å². The van der Waals surface area contributed by atoms with Crippen molar-refractivity contribution in [1.29, 1.82) is 0 Å². The van der Waals surface area contributed by atoms with Crippen LogP contribution in [0, 0.1) is 0 Å². The van der Waals surface area contributed by atoms with Crippen molar-refractivity contribution in [3.05, 3.63) is 22.3 Å². The van der Waals surface area contributed by atoms with Gasteiger partial charge in [0.25, 0.3) is 0 Å². The summed E-state index contributed by atoms with van der Waals surface area (Å²) in [6.07, 6.45) is -1.78. The second-order valence-electron chi connectivity index (χ2n) is 4.78. The number of epoxide rings is 1. The standard InChI is InChI=1S/C12H18O3/c1-5(2)7-8(6(3)4)11-12(15-11)10(14)9(7)13/h9-14H,1-4H3/t9-,10-,11+,12+/m1/s1. The Morgan fingerprint density at radius 1 is 1.00 bits per heavy atom. The Morgan fingerprint density at radius 2 is 1.53 bits per heavy atom. The monoisotopic (exact) mass is 210 g/mol. The highest BCUT2D eigenvalue weighted by Gasteiger charge is 2.55. The summed E-state index contributed by atoms with van der Waals surface area (Å²) in [5.41, 5.74) is 4.15. The summed E-state index contributed by atoms with van der Waals surface area (Å²) in [6, 6.07) is 0. The van der Waals surface area contributed by atoms with E-state index in [1.54, 1.807) is 0 Å². The first-order valence-electron chi connectivity index (χ1n) is 5.32. The number of fused-ring (bicyclic) bond motifs is 1. The molecule has 0 aromatic rings. The lowest BCUT2D eigenvalue weighted by Crippen LogP contribution is -2.39. The van der Waals surface area contributed by atoms with E-state index in [9.17, 15) is 10.2 Å².